The monoisotopic (exact) mass is 249 g/mol. The van der Waals surface area contributed by atoms with Gasteiger partial charge in [-0.3, -0.25) is 4.68 Å². The lowest BCUT2D eigenvalue weighted by Gasteiger charge is -2.13. The number of aromatic nitrogens is 2. The molecule has 0 unspecified atom stereocenters. The fourth-order valence-electron chi connectivity index (χ4n) is 1.89. The Balaban J connectivity index is 2.76. The Labute approximate surface area is 111 Å². The number of hydrogen-bond donors (Lipinski definition) is 1. The van der Waals surface area contributed by atoms with Crippen molar-refractivity contribution in [3.05, 3.63) is 23.5 Å². The van der Waals surface area contributed by atoms with E-state index in [1.165, 1.54) is 17.7 Å². The summed E-state index contributed by atoms with van der Waals surface area (Å²) in [6.07, 6.45) is 6.47. The van der Waals surface area contributed by atoms with Crippen molar-refractivity contribution < 1.29 is 0 Å². The minimum atomic E-state index is 0.569. The fourth-order valence-corrected chi connectivity index (χ4v) is 1.89. The van der Waals surface area contributed by atoms with Crippen molar-refractivity contribution in [2.75, 3.05) is 13.1 Å². The maximum Gasteiger partial charge on any atom is 0.0609 e. The molecule has 102 valence electrons. The van der Waals surface area contributed by atoms with Crippen molar-refractivity contribution in [3.8, 4) is 0 Å². The summed E-state index contributed by atoms with van der Waals surface area (Å²) in [7, 11) is 0. The van der Waals surface area contributed by atoms with Crippen molar-refractivity contribution in [3.63, 3.8) is 0 Å². The summed E-state index contributed by atoms with van der Waals surface area (Å²) in [5.41, 5.74) is 2.67. The zero-order chi connectivity index (χ0) is 13.4. The molecular formula is C15H27N3. The van der Waals surface area contributed by atoms with Gasteiger partial charge < -0.3 is 5.32 Å². The Kier molecular flexibility index (Phi) is 6.73. The zero-order valence-corrected chi connectivity index (χ0v) is 12.2. The predicted octanol–water partition coefficient (Wildman–Crippen LogP) is 3.33. The number of aryl methyl sites for hydroxylation is 1. The van der Waals surface area contributed by atoms with Crippen LogP contribution in [0.2, 0.25) is 0 Å². The quantitative estimate of drug-likeness (QED) is 0.716. The maximum absolute atomic E-state index is 4.37. The minimum Gasteiger partial charge on any atom is -0.313 e. The average Bonchev–Trinajstić information content (AvgIpc) is 2.76. The summed E-state index contributed by atoms with van der Waals surface area (Å²) in [6.45, 7) is 11.9. The highest BCUT2D eigenvalue weighted by atomic mass is 15.3. The van der Waals surface area contributed by atoms with Gasteiger partial charge in [-0.15, -0.1) is 0 Å². The molecule has 1 aromatic rings. The first-order valence-electron chi connectivity index (χ1n) is 7.12. The number of rotatable bonds is 8. The van der Waals surface area contributed by atoms with Crippen molar-refractivity contribution in [1.29, 1.82) is 0 Å². The third-order valence-corrected chi connectivity index (χ3v) is 3.02. The smallest absolute Gasteiger partial charge is 0.0609 e. The van der Waals surface area contributed by atoms with Gasteiger partial charge in [-0.25, -0.2) is 0 Å². The van der Waals surface area contributed by atoms with Crippen LogP contribution >= 0.6 is 0 Å². The molecule has 0 atom stereocenters. The molecule has 0 saturated carbocycles. The second-order valence-electron chi connectivity index (χ2n) is 5.03. The molecule has 1 heterocycles. The highest BCUT2D eigenvalue weighted by Gasteiger charge is 2.05. The highest BCUT2D eigenvalue weighted by molar-refractivity contribution is 5.50. The molecule has 0 radical (unpaired) electrons. The van der Waals surface area contributed by atoms with E-state index in [-0.39, 0.29) is 0 Å². The summed E-state index contributed by atoms with van der Waals surface area (Å²) in [6, 6.07) is 2.10. The van der Waals surface area contributed by atoms with E-state index in [1.54, 1.807) is 0 Å². The third-order valence-electron chi connectivity index (χ3n) is 3.02. The van der Waals surface area contributed by atoms with Crippen LogP contribution in [0.25, 0.3) is 6.08 Å². The molecule has 1 rings (SSSR count). The largest absolute Gasteiger partial charge is 0.313 e. The lowest BCUT2D eigenvalue weighted by atomic mass is 10.0. The van der Waals surface area contributed by atoms with E-state index in [0.29, 0.717) is 5.92 Å². The van der Waals surface area contributed by atoms with Gasteiger partial charge in [0.1, 0.15) is 0 Å². The first-order valence-corrected chi connectivity index (χ1v) is 7.12. The van der Waals surface area contributed by atoms with Crippen LogP contribution in [0.4, 0.5) is 0 Å². The van der Waals surface area contributed by atoms with E-state index in [4.69, 9.17) is 0 Å². The highest BCUT2D eigenvalue weighted by Crippen LogP contribution is 2.14. The van der Waals surface area contributed by atoms with Crippen LogP contribution in [-0.2, 0) is 6.54 Å². The van der Waals surface area contributed by atoms with Gasteiger partial charge in [-0.05, 0) is 37.4 Å². The van der Waals surface area contributed by atoms with Crippen molar-refractivity contribution >= 4 is 6.08 Å². The van der Waals surface area contributed by atoms with Crippen molar-refractivity contribution in [1.82, 2.24) is 15.1 Å². The molecule has 0 amide bonds. The average molecular weight is 249 g/mol. The molecule has 0 aliphatic rings. The summed E-state index contributed by atoms with van der Waals surface area (Å²) < 4.78 is 2.09. The van der Waals surface area contributed by atoms with Gasteiger partial charge in [0.05, 0.1) is 5.69 Å². The van der Waals surface area contributed by atoms with E-state index >= 15 is 0 Å². The predicted molar refractivity (Wildman–Crippen MR) is 78.5 cm³/mol. The molecule has 1 aromatic heterocycles. The van der Waals surface area contributed by atoms with Crippen LogP contribution in [0.1, 0.15) is 46.2 Å². The standard InChI is InChI=1S/C15H27N3/c1-5-8-16-12-14(13(3)4)11-15-7-9-17-18(15)10-6-2/h7,9,11,13,16H,5-6,8,10,12H2,1-4H3. The molecule has 0 spiro atoms. The van der Waals surface area contributed by atoms with Gasteiger partial charge >= 0.3 is 0 Å². The topological polar surface area (TPSA) is 29.9 Å². The van der Waals surface area contributed by atoms with Crippen LogP contribution in [0.15, 0.2) is 17.8 Å². The summed E-state index contributed by atoms with van der Waals surface area (Å²) in [5, 5.41) is 7.85. The van der Waals surface area contributed by atoms with Gasteiger partial charge in [-0.1, -0.05) is 33.3 Å². The first kappa shape index (κ1) is 15.0. The van der Waals surface area contributed by atoms with Crippen LogP contribution in [-0.4, -0.2) is 22.9 Å². The Hall–Kier alpha value is -1.09. The van der Waals surface area contributed by atoms with Gasteiger partial charge in [0, 0.05) is 19.3 Å². The van der Waals surface area contributed by atoms with E-state index in [0.717, 1.165) is 26.1 Å². The molecule has 18 heavy (non-hydrogen) atoms. The van der Waals surface area contributed by atoms with Gasteiger partial charge in [-0.2, -0.15) is 5.10 Å². The van der Waals surface area contributed by atoms with Crippen LogP contribution in [0.3, 0.4) is 0 Å². The number of hydrogen-bond acceptors (Lipinski definition) is 2. The van der Waals surface area contributed by atoms with Crippen molar-refractivity contribution in [2.24, 2.45) is 5.92 Å². The minimum absolute atomic E-state index is 0.569. The number of nitrogens with zero attached hydrogens (tertiary/aromatic N) is 2. The van der Waals surface area contributed by atoms with E-state index in [9.17, 15) is 0 Å². The third kappa shape index (κ3) is 4.65. The second-order valence-corrected chi connectivity index (χ2v) is 5.03. The molecule has 0 aliphatic heterocycles. The van der Waals surface area contributed by atoms with Crippen LogP contribution in [0.5, 0.6) is 0 Å². The van der Waals surface area contributed by atoms with E-state index in [1.807, 2.05) is 6.20 Å². The summed E-state index contributed by atoms with van der Waals surface area (Å²) in [5.74, 6) is 0.569. The molecule has 3 heteroatoms. The second kappa shape index (κ2) is 8.09. The molecule has 0 bridgehead atoms. The summed E-state index contributed by atoms with van der Waals surface area (Å²) >= 11 is 0. The maximum atomic E-state index is 4.37. The summed E-state index contributed by atoms with van der Waals surface area (Å²) in [4.78, 5) is 0. The molecule has 0 fully saturated rings. The Morgan fingerprint density at radius 3 is 2.78 bits per heavy atom. The van der Waals surface area contributed by atoms with Gasteiger partial charge in [0.2, 0.25) is 0 Å². The molecule has 0 aromatic carbocycles. The molecule has 0 aliphatic carbocycles. The Morgan fingerprint density at radius 2 is 2.17 bits per heavy atom. The molecule has 0 saturated heterocycles. The Bertz CT molecular complexity index is 364. The SMILES string of the molecule is CCCNCC(=Cc1ccnn1CCC)C(C)C. The van der Waals surface area contributed by atoms with Crippen LogP contribution < -0.4 is 5.32 Å². The molecular weight excluding hydrogens is 222 g/mol. The van der Waals surface area contributed by atoms with Crippen LogP contribution in [0, 0.1) is 5.92 Å². The van der Waals surface area contributed by atoms with Gasteiger partial charge in [0.25, 0.3) is 0 Å². The fraction of sp³-hybridized carbons (Fsp3) is 0.667. The lowest BCUT2D eigenvalue weighted by molar-refractivity contribution is 0.596. The van der Waals surface area contributed by atoms with Gasteiger partial charge in [0.15, 0.2) is 0 Å². The first-order chi connectivity index (χ1) is 8.69. The normalized spacial score (nSPS) is 12.4. The number of nitrogens with one attached hydrogen (secondary N) is 1. The zero-order valence-electron chi connectivity index (χ0n) is 12.2. The van der Waals surface area contributed by atoms with Crippen molar-refractivity contribution in [2.45, 2.75) is 47.1 Å². The molecule has 3 nitrogen and oxygen atoms in total. The van der Waals surface area contributed by atoms with E-state index < -0.39 is 0 Å². The van der Waals surface area contributed by atoms with E-state index in [2.05, 4.69) is 54.9 Å². The molecule has 1 N–H and O–H groups in total. The lowest BCUT2D eigenvalue weighted by Crippen LogP contribution is -2.20. The Morgan fingerprint density at radius 1 is 1.39 bits per heavy atom.